The van der Waals surface area contributed by atoms with Crippen molar-refractivity contribution in [2.45, 2.75) is 45.1 Å². The first-order valence-corrected chi connectivity index (χ1v) is 15.8. The molecule has 0 unspecified atom stereocenters. The lowest BCUT2D eigenvalue weighted by molar-refractivity contribution is -0.156. The van der Waals surface area contributed by atoms with Gasteiger partial charge >= 0.3 is 5.97 Å². The molecule has 1 N–H and O–H groups in total. The minimum absolute atomic E-state index is 0.157. The first kappa shape index (κ1) is 27.3. The summed E-state index contributed by atoms with van der Waals surface area (Å²) >= 11 is 12.5. The molecule has 2 aromatic rings. The van der Waals surface area contributed by atoms with Gasteiger partial charge in [-0.2, -0.15) is 0 Å². The minimum atomic E-state index is -1.32. The van der Waals surface area contributed by atoms with Crippen LogP contribution in [-0.4, -0.2) is 45.9 Å². The number of rotatable bonds is 9. The number of nitrogens with one attached hydrogen (secondary N) is 1. The van der Waals surface area contributed by atoms with Crippen LogP contribution < -0.4 is 10.1 Å². The maximum Gasteiger partial charge on any atom is 0.349 e. The van der Waals surface area contributed by atoms with Gasteiger partial charge in [-0.3, -0.25) is 4.79 Å². The summed E-state index contributed by atoms with van der Waals surface area (Å²) in [4.78, 5) is 25.5. The normalized spacial score (nSPS) is 14.9. The van der Waals surface area contributed by atoms with E-state index >= 15 is 0 Å². The maximum absolute atomic E-state index is 13.2. The number of carbonyl (C=O) groups excluding carboxylic acids is 2. The molecule has 188 valence electrons. The van der Waals surface area contributed by atoms with Gasteiger partial charge in [-0.1, -0.05) is 48.9 Å². The number of carbonyl (C=O) groups is 2. The molecule has 0 saturated carbocycles. The van der Waals surface area contributed by atoms with E-state index in [0.29, 0.717) is 50.4 Å². The quantitative estimate of drug-likeness (QED) is 0.171. The number of amides is 1. The average Bonchev–Trinajstić information content (AvgIpc) is 3.08. The van der Waals surface area contributed by atoms with Gasteiger partial charge in [0.1, 0.15) is 5.75 Å². The first-order valence-electron chi connectivity index (χ1n) is 11.3. The summed E-state index contributed by atoms with van der Waals surface area (Å²) in [5.74, 6) is -0.418. The summed E-state index contributed by atoms with van der Waals surface area (Å²) in [6.07, 6.45) is 0. The standard InChI is InChI=1S/C26H31Cl2NO5Si/c1-26(2,25(31)32-3)34-22-10-8-16(27)13-19(22)20(15-33-11-12-35(4,5)6)23-18-9-7-17(28)14-21(18)29-24(23)30/h7-10,13-14H,11-12,15H2,1-6H3,(H,29,30). The minimum Gasteiger partial charge on any atom is -0.476 e. The van der Waals surface area contributed by atoms with E-state index < -0.39 is 19.6 Å². The Hall–Kier alpha value is -2.32. The van der Waals surface area contributed by atoms with Gasteiger partial charge in [0.2, 0.25) is 0 Å². The van der Waals surface area contributed by atoms with E-state index in [1.165, 1.54) is 7.11 Å². The van der Waals surface area contributed by atoms with E-state index in [1.54, 1.807) is 50.2 Å². The van der Waals surface area contributed by atoms with Crippen LogP contribution in [-0.2, 0) is 19.1 Å². The Morgan fingerprint density at radius 2 is 1.71 bits per heavy atom. The van der Waals surface area contributed by atoms with Crippen LogP contribution in [0.15, 0.2) is 36.4 Å². The molecule has 35 heavy (non-hydrogen) atoms. The lowest BCUT2D eigenvalue weighted by atomic mass is 9.95. The van der Waals surface area contributed by atoms with Gasteiger partial charge in [-0.15, -0.1) is 0 Å². The summed E-state index contributed by atoms with van der Waals surface area (Å²) < 4.78 is 17.1. The zero-order valence-electron chi connectivity index (χ0n) is 20.9. The molecular formula is C26H31Cl2NO5Si. The van der Waals surface area contributed by atoms with Crippen molar-refractivity contribution in [3.05, 3.63) is 57.6 Å². The van der Waals surface area contributed by atoms with E-state index in [4.69, 9.17) is 37.4 Å². The predicted molar refractivity (Wildman–Crippen MR) is 144 cm³/mol. The largest absolute Gasteiger partial charge is 0.476 e. The lowest BCUT2D eigenvalue weighted by Crippen LogP contribution is -2.39. The lowest BCUT2D eigenvalue weighted by Gasteiger charge is -2.26. The average molecular weight is 537 g/mol. The number of hydrogen-bond donors (Lipinski definition) is 1. The second-order valence-electron chi connectivity index (χ2n) is 10.1. The van der Waals surface area contributed by atoms with Crippen LogP contribution >= 0.6 is 23.2 Å². The third-order valence-corrected chi connectivity index (χ3v) is 7.75. The van der Waals surface area contributed by atoms with Gasteiger partial charge in [-0.25, -0.2) is 4.79 Å². The predicted octanol–water partition coefficient (Wildman–Crippen LogP) is 6.54. The molecule has 0 bridgehead atoms. The Morgan fingerprint density at radius 1 is 1.06 bits per heavy atom. The fourth-order valence-electron chi connectivity index (χ4n) is 3.67. The van der Waals surface area contributed by atoms with Crippen molar-refractivity contribution < 1.29 is 23.8 Å². The fourth-order valence-corrected chi connectivity index (χ4v) is 4.77. The molecule has 0 atom stereocenters. The number of hydrogen-bond acceptors (Lipinski definition) is 5. The number of benzene rings is 2. The molecule has 1 heterocycles. The molecule has 0 fully saturated rings. The van der Waals surface area contributed by atoms with Crippen LogP contribution in [0.5, 0.6) is 5.75 Å². The van der Waals surface area contributed by atoms with E-state index in [2.05, 4.69) is 25.0 Å². The van der Waals surface area contributed by atoms with Gasteiger partial charge in [-0.05, 0) is 50.2 Å². The Balaban J connectivity index is 2.14. The summed E-state index contributed by atoms with van der Waals surface area (Å²) in [6.45, 7) is 10.8. The molecule has 0 spiro atoms. The monoisotopic (exact) mass is 535 g/mol. The van der Waals surface area contributed by atoms with Gasteiger partial charge in [0.05, 0.1) is 25.0 Å². The Morgan fingerprint density at radius 3 is 2.37 bits per heavy atom. The Kier molecular flexibility index (Phi) is 8.37. The van der Waals surface area contributed by atoms with Crippen LogP contribution in [0.1, 0.15) is 25.0 Å². The number of anilines is 1. The van der Waals surface area contributed by atoms with Gasteiger partial charge in [0.15, 0.2) is 5.60 Å². The summed E-state index contributed by atoms with van der Waals surface area (Å²) in [5, 5.41) is 3.86. The molecule has 0 aromatic heterocycles. The van der Waals surface area contributed by atoms with Crippen molar-refractivity contribution in [3.63, 3.8) is 0 Å². The number of halogens is 2. The smallest absolute Gasteiger partial charge is 0.349 e. The molecule has 6 nitrogen and oxygen atoms in total. The van der Waals surface area contributed by atoms with Crippen LogP contribution in [0.3, 0.4) is 0 Å². The molecule has 2 aromatic carbocycles. The highest BCUT2D eigenvalue weighted by Crippen LogP contribution is 2.42. The van der Waals surface area contributed by atoms with Crippen LogP contribution in [0, 0.1) is 0 Å². The first-order chi connectivity index (χ1) is 16.3. The molecule has 0 aliphatic carbocycles. The van der Waals surface area contributed by atoms with Crippen LogP contribution in [0.2, 0.25) is 35.7 Å². The molecule has 1 amide bonds. The Bertz CT molecular complexity index is 1170. The zero-order chi connectivity index (χ0) is 26.0. The van der Waals surface area contributed by atoms with Crippen LogP contribution in [0.4, 0.5) is 5.69 Å². The maximum atomic E-state index is 13.2. The molecule has 1 aliphatic heterocycles. The van der Waals surface area contributed by atoms with Crippen molar-refractivity contribution in [1.82, 2.24) is 0 Å². The van der Waals surface area contributed by atoms with Gasteiger partial charge in [0, 0.05) is 41.4 Å². The third-order valence-electron chi connectivity index (χ3n) is 5.58. The van der Waals surface area contributed by atoms with Gasteiger partial charge in [0.25, 0.3) is 5.91 Å². The highest BCUT2D eigenvalue weighted by molar-refractivity contribution is 6.76. The van der Waals surface area contributed by atoms with Crippen molar-refractivity contribution in [1.29, 1.82) is 0 Å². The second kappa shape index (κ2) is 10.7. The number of esters is 1. The fraction of sp³-hybridized carbons (Fsp3) is 0.385. The molecule has 3 rings (SSSR count). The summed E-state index contributed by atoms with van der Waals surface area (Å²) in [5.41, 5.74) is 1.69. The van der Waals surface area contributed by atoms with E-state index in [-0.39, 0.29) is 12.5 Å². The second-order valence-corrected chi connectivity index (χ2v) is 16.6. The van der Waals surface area contributed by atoms with Crippen molar-refractivity contribution in [2.75, 3.05) is 25.6 Å². The van der Waals surface area contributed by atoms with Gasteiger partial charge < -0.3 is 19.5 Å². The highest BCUT2D eigenvalue weighted by atomic mass is 35.5. The van der Waals surface area contributed by atoms with E-state index in [1.807, 2.05) is 0 Å². The molecule has 0 radical (unpaired) electrons. The number of methoxy groups -OCH3 is 1. The van der Waals surface area contributed by atoms with Crippen molar-refractivity contribution in [3.8, 4) is 5.75 Å². The molecule has 1 aliphatic rings. The SMILES string of the molecule is COC(=O)C(C)(C)Oc1ccc(Cl)cc1C(COCC[Si](C)(C)C)=C1C(=O)Nc2cc(Cl)ccc21. The number of fused-ring (bicyclic) bond motifs is 1. The molecule has 9 heteroatoms. The summed E-state index contributed by atoms with van der Waals surface area (Å²) in [6, 6.07) is 11.3. The van der Waals surface area contributed by atoms with E-state index in [9.17, 15) is 9.59 Å². The topological polar surface area (TPSA) is 73.9 Å². The number of ether oxygens (including phenoxy) is 3. The molecule has 0 saturated heterocycles. The van der Waals surface area contributed by atoms with Crippen molar-refractivity contribution >= 4 is 60.0 Å². The Labute approximate surface area is 217 Å². The summed E-state index contributed by atoms with van der Waals surface area (Å²) in [7, 11) is -0.0117. The van der Waals surface area contributed by atoms with E-state index in [0.717, 1.165) is 6.04 Å². The highest BCUT2D eigenvalue weighted by Gasteiger charge is 2.34. The van der Waals surface area contributed by atoms with Crippen molar-refractivity contribution in [2.24, 2.45) is 0 Å². The van der Waals surface area contributed by atoms with Crippen LogP contribution in [0.25, 0.3) is 11.1 Å². The zero-order valence-corrected chi connectivity index (χ0v) is 23.4. The molecular weight excluding hydrogens is 505 g/mol. The third kappa shape index (κ3) is 6.67.